The van der Waals surface area contributed by atoms with Crippen molar-refractivity contribution in [2.75, 3.05) is 31.3 Å². The second-order valence-corrected chi connectivity index (χ2v) is 5.76. The maximum atomic E-state index is 13.4. The molecule has 0 aliphatic carbocycles. The Morgan fingerprint density at radius 2 is 2.21 bits per heavy atom. The topological polar surface area (TPSA) is 49.6 Å². The van der Waals surface area contributed by atoms with E-state index in [1.807, 2.05) is 4.90 Å². The van der Waals surface area contributed by atoms with Crippen LogP contribution in [-0.4, -0.2) is 37.5 Å². The smallest absolute Gasteiger partial charge is 0.244 e. The van der Waals surface area contributed by atoms with Gasteiger partial charge in [0.25, 0.3) is 0 Å². The molecule has 1 heterocycles. The Balaban J connectivity index is 2.35. The molecule has 0 radical (unpaired) electrons. The average Bonchev–Trinajstić information content (AvgIpc) is 2.81. The van der Waals surface area contributed by atoms with Crippen LogP contribution in [0.2, 0.25) is 0 Å². The van der Waals surface area contributed by atoms with Gasteiger partial charge in [0, 0.05) is 26.7 Å². The molecule has 1 aliphatic rings. The molecule has 0 aromatic heterocycles. The van der Waals surface area contributed by atoms with Gasteiger partial charge in [0.1, 0.15) is 11.9 Å². The number of hydrogen-bond acceptors (Lipinski definition) is 3. The molecule has 1 atom stereocenters. The predicted molar refractivity (Wildman–Crippen MR) is 77.6 cm³/mol. The van der Waals surface area contributed by atoms with E-state index in [0.29, 0.717) is 15.8 Å². The SMILES string of the molecule is CN(C)C(=O)C1CCCN1c1cc(Br)c(F)cc1N. The first kappa shape index (κ1) is 14.1. The van der Waals surface area contributed by atoms with E-state index in [2.05, 4.69) is 15.9 Å². The molecule has 6 heteroatoms. The Hall–Kier alpha value is -1.30. The summed E-state index contributed by atoms with van der Waals surface area (Å²) in [5, 5.41) is 0. The number of carbonyl (C=O) groups is 1. The van der Waals surface area contributed by atoms with E-state index in [4.69, 9.17) is 5.73 Å². The van der Waals surface area contributed by atoms with Crippen molar-refractivity contribution in [2.45, 2.75) is 18.9 Å². The molecule has 0 bridgehead atoms. The molecule has 1 unspecified atom stereocenters. The van der Waals surface area contributed by atoms with E-state index in [9.17, 15) is 9.18 Å². The average molecular weight is 330 g/mol. The molecule has 104 valence electrons. The first-order valence-corrected chi connectivity index (χ1v) is 6.93. The van der Waals surface area contributed by atoms with Crippen molar-refractivity contribution in [1.82, 2.24) is 4.90 Å². The number of rotatable bonds is 2. The Morgan fingerprint density at radius 1 is 1.53 bits per heavy atom. The van der Waals surface area contributed by atoms with Crippen molar-refractivity contribution in [3.05, 3.63) is 22.4 Å². The molecule has 1 fully saturated rings. The molecule has 2 N–H and O–H groups in total. The molecule has 0 spiro atoms. The van der Waals surface area contributed by atoms with E-state index in [1.54, 1.807) is 25.1 Å². The number of nitrogens with zero attached hydrogens (tertiary/aromatic N) is 2. The zero-order valence-corrected chi connectivity index (χ0v) is 12.6. The number of nitrogens with two attached hydrogens (primary N) is 1. The van der Waals surface area contributed by atoms with Gasteiger partial charge in [0.15, 0.2) is 0 Å². The molecule has 2 rings (SSSR count). The van der Waals surface area contributed by atoms with E-state index >= 15 is 0 Å². The van der Waals surface area contributed by atoms with Crippen molar-refractivity contribution in [1.29, 1.82) is 0 Å². The quantitative estimate of drug-likeness (QED) is 0.846. The summed E-state index contributed by atoms with van der Waals surface area (Å²) in [4.78, 5) is 15.7. The number of hydrogen-bond donors (Lipinski definition) is 1. The predicted octanol–water partition coefficient (Wildman–Crippen LogP) is 2.23. The summed E-state index contributed by atoms with van der Waals surface area (Å²) in [5.41, 5.74) is 6.96. The van der Waals surface area contributed by atoms with Crippen LogP contribution in [0.15, 0.2) is 16.6 Å². The van der Waals surface area contributed by atoms with E-state index in [1.165, 1.54) is 6.07 Å². The molecule has 0 saturated carbocycles. The van der Waals surface area contributed by atoms with Gasteiger partial charge in [-0.25, -0.2) is 4.39 Å². The van der Waals surface area contributed by atoms with Gasteiger partial charge in [-0.1, -0.05) is 0 Å². The minimum absolute atomic E-state index is 0.0531. The fourth-order valence-corrected chi connectivity index (χ4v) is 2.74. The van der Waals surface area contributed by atoms with Crippen molar-refractivity contribution in [2.24, 2.45) is 0 Å². The normalized spacial score (nSPS) is 18.7. The van der Waals surface area contributed by atoms with Crippen LogP contribution < -0.4 is 10.6 Å². The fraction of sp³-hybridized carbons (Fsp3) is 0.462. The van der Waals surface area contributed by atoms with Crippen molar-refractivity contribution in [3.63, 3.8) is 0 Å². The Kier molecular flexibility index (Phi) is 3.99. The molecule has 1 saturated heterocycles. The maximum Gasteiger partial charge on any atom is 0.244 e. The molecule has 1 aromatic carbocycles. The number of amides is 1. The zero-order chi connectivity index (χ0) is 14.2. The Labute approximate surface area is 120 Å². The third-order valence-electron chi connectivity index (χ3n) is 3.36. The summed E-state index contributed by atoms with van der Waals surface area (Å²) in [7, 11) is 3.48. The largest absolute Gasteiger partial charge is 0.397 e. The van der Waals surface area contributed by atoms with E-state index in [-0.39, 0.29) is 11.9 Å². The monoisotopic (exact) mass is 329 g/mol. The number of nitrogen functional groups attached to an aromatic ring is 1. The van der Waals surface area contributed by atoms with Gasteiger partial charge in [0.2, 0.25) is 5.91 Å². The second kappa shape index (κ2) is 5.36. The lowest BCUT2D eigenvalue weighted by atomic mass is 10.1. The summed E-state index contributed by atoms with van der Waals surface area (Å²) in [6, 6.07) is 2.72. The standard InChI is InChI=1S/C13H17BrFN3O/c1-17(2)13(19)11-4-3-5-18(11)12-6-8(14)9(15)7-10(12)16/h6-7,11H,3-5,16H2,1-2H3. The number of benzene rings is 1. The summed E-state index contributed by atoms with van der Waals surface area (Å²) in [5.74, 6) is -0.340. The lowest BCUT2D eigenvalue weighted by molar-refractivity contribution is -0.129. The van der Waals surface area contributed by atoms with E-state index < -0.39 is 5.82 Å². The molecule has 1 aromatic rings. The Bertz CT molecular complexity index is 507. The fourth-order valence-electron chi connectivity index (χ4n) is 2.41. The molecular weight excluding hydrogens is 313 g/mol. The number of carbonyl (C=O) groups excluding carboxylic acids is 1. The third kappa shape index (κ3) is 2.68. The highest BCUT2D eigenvalue weighted by atomic mass is 79.9. The lowest BCUT2D eigenvalue weighted by Gasteiger charge is -2.29. The third-order valence-corrected chi connectivity index (χ3v) is 3.97. The second-order valence-electron chi connectivity index (χ2n) is 4.91. The van der Waals surface area contributed by atoms with E-state index in [0.717, 1.165) is 19.4 Å². The van der Waals surface area contributed by atoms with Gasteiger partial charge in [0.05, 0.1) is 15.8 Å². The number of halogens is 2. The molecule has 19 heavy (non-hydrogen) atoms. The van der Waals surface area contributed by atoms with Crippen LogP contribution in [0.4, 0.5) is 15.8 Å². The van der Waals surface area contributed by atoms with Gasteiger partial charge in [-0.15, -0.1) is 0 Å². The van der Waals surface area contributed by atoms with Crippen LogP contribution in [0.5, 0.6) is 0 Å². The minimum atomic E-state index is -0.393. The summed E-state index contributed by atoms with van der Waals surface area (Å²) >= 11 is 3.16. The van der Waals surface area contributed by atoms with Gasteiger partial charge in [-0.3, -0.25) is 4.79 Å². The summed E-state index contributed by atoms with van der Waals surface area (Å²) in [6.07, 6.45) is 1.73. The van der Waals surface area contributed by atoms with Crippen molar-refractivity contribution < 1.29 is 9.18 Å². The highest BCUT2D eigenvalue weighted by Crippen LogP contribution is 2.34. The maximum absolute atomic E-state index is 13.4. The van der Waals surface area contributed by atoms with Gasteiger partial charge >= 0.3 is 0 Å². The summed E-state index contributed by atoms with van der Waals surface area (Å²) in [6.45, 7) is 0.756. The Morgan fingerprint density at radius 3 is 2.84 bits per heavy atom. The van der Waals surface area contributed by atoms with Gasteiger partial charge < -0.3 is 15.5 Å². The van der Waals surface area contributed by atoms with Crippen molar-refractivity contribution in [3.8, 4) is 0 Å². The number of likely N-dealkylation sites (N-methyl/N-ethyl adjacent to an activating group) is 1. The first-order valence-electron chi connectivity index (χ1n) is 6.14. The van der Waals surface area contributed by atoms with Crippen LogP contribution in [0, 0.1) is 5.82 Å². The molecular formula is C13H17BrFN3O. The van der Waals surface area contributed by atoms with Crippen LogP contribution in [0.3, 0.4) is 0 Å². The zero-order valence-electron chi connectivity index (χ0n) is 11.0. The molecule has 4 nitrogen and oxygen atoms in total. The number of anilines is 2. The highest BCUT2D eigenvalue weighted by Gasteiger charge is 2.33. The minimum Gasteiger partial charge on any atom is -0.397 e. The van der Waals surface area contributed by atoms with Crippen LogP contribution in [0.1, 0.15) is 12.8 Å². The van der Waals surface area contributed by atoms with Gasteiger partial charge in [-0.05, 0) is 34.8 Å². The van der Waals surface area contributed by atoms with Crippen molar-refractivity contribution >= 4 is 33.2 Å². The lowest BCUT2D eigenvalue weighted by Crippen LogP contribution is -2.43. The highest BCUT2D eigenvalue weighted by molar-refractivity contribution is 9.10. The first-order chi connectivity index (χ1) is 8.91. The van der Waals surface area contributed by atoms with Crippen LogP contribution in [0.25, 0.3) is 0 Å². The van der Waals surface area contributed by atoms with Crippen LogP contribution >= 0.6 is 15.9 Å². The van der Waals surface area contributed by atoms with Gasteiger partial charge in [-0.2, -0.15) is 0 Å². The summed E-state index contributed by atoms with van der Waals surface area (Å²) < 4.78 is 13.8. The van der Waals surface area contributed by atoms with Crippen LogP contribution in [-0.2, 0) is 4.79 Å². The molecule has 1 amide bonds. The molecule has 1 aliphatic heterocycles.